The van der Waals surface area contributed by atoms with Gasteiger partial charge in [-0.25, -0.2) is 0 Å². The van der Waals surface area contributed by atoms with Crippen molar-refractivity contribution in [3.05, 3.63) is 29.8 Å². The summed E-state index contributed by atoms with van der Waals surface area (Å²) in [6.07, 6.45) is 0. The van der Waals surface area contributed by atoms with Gasteiger partial charge in [-0.15, -0.1) is 0 Å². The molecule has 20 heavy (non-hydrogen) atoms. The molecule has 5 nitrogen and oxygen atoms in total. The molecule has 1 heterocycles. The summed E-state index contributed by atoms with van der Waals surface area (Å²) in [5, 5.41) is 9.45. The minimum absolute atomic E-state index is 0.0412. The molecule has 0 aliphatic carbocycles. The summed E-state index contributed by atoms with van der Waals surface area (Å²) in [7, 11) is 3.27. The molecule has 2 rings (SSSR count). The normalized spacial score (nSPS) is 22.9. The molecule has 1 aliphatic rings. The highest BCUT2D eigenvalue weighted by atomic mass is 16.5. The van der Waals surface area contributed by atoms with E-state index in [9.17, 15) is 9.90 Å². The first-order chi connectivity index (χ1) is 9.67. The van der Waals surface area contributed by atoms with Crippen molar-refractivity contribution < 1.29 is 19.4 Å². The Hall–Kier alpha value is -1.59. The van der Waals surface area contributed by atoms with E-state index in [1.54, 1.807) is 14.2 Å². The smallest absolute Gasteiger partial charge is 0.308 e. The van der Waals surface area contributed by atoms with Gasteiger partial charge in [0, 0.05) is 32.7 Å². The number of methoxy groups -OCH3 is 2. The van der Waals surface area contributed by atoms with Gasteiger partial charge in [-0.1, -0.05) is 18.2 Å². The summed E-state index contributed by atoms with van der Waals surface area (Å²) >= 11 is 0. The minimum Gasteiger partial charge on any atom is -0.496 e. The molecule has 1 fully saturated rings. The van der Waals surface area contributed by atoms with Crippen molar-refractivity contribution in [1.29, 1.82) is 0 Å². The van der Waals surface area contributed by atoms with Gasteiger partial charge < -0.3 is 14.6 Å². The number of rotatable bonds is 6. The zero-order valence-corrected chi connectivity index (χ0v) is 11.9. The largest absolute Gasteiger partial charge is 0.496 e. The number of carboxylic acid groups (broad SMARTS) is 1. The van der Waals surface area contributed by atoms with Crippen LogP contribution in [0.15, 0.2) is 24.3 Å². The lowest BCUT2D eigenvalue weighted by Crippen LogP contribution is -2.26. The number of hydrogen-bond donors (Lipinski definition) is 1. The topological polar surface area (TPSA) is 59.0 Å². The fourth-order valence-corrected chi connectivity index (χ4v) is 2.83. The second-order valence-electron chi connectivity index (χ2n) is 5.05. The van der Waals surface area contributed by atoms with Gasteiger partial charge in [-0.2, -0.15) is 0 Å². The van der Waals surface area contributed by atoms with Crippen LogP contribution in [0, 0.1) is 5.92 Å². The van der Waals surface area contributed by atoms with Crippen LogP contribution in [0.5, 0.6) is 5.75 Å². The SMILES string of the molecule is COCCN1C[C@H](C(=O)O)[C@@H](c2ccccc2OC)C1. The van der Waals surface area contributed by atoms with Gasteiger partial charge in [0.05, 0.1) is 19.6 Å². The lowest BCUT2D eigenvalue weighted by molar-refractivity contribution is -0.141. The number of nitrogens with zero attached hydrogens (tertiary/aromatic N) is 1. The fourth-order valence-electron chi connectivity index (χ4n) is 2.83. The van der Waals surface area contributed by atoms with Crippen molar-refractivity contribution in [2.24, 2.45) is 5.92 Å². The van der Waals surface area contributed by atoms with Gasteiger partial charge in [0.15, 0.2) is 0 Å². The minimum atomic E-state index is -0.749. The number of ether oxygens (including phenoxy) is 2. The van der Waals surface area contributed by atoms with Crippen LogP contribution in [0.4, 0.5) is 0 Å². The predicted molar refractivity (Wildman–Crippen MR) is 75.2 cm³/mol. The molecule has 2 atom stereocenters. The summed E-state index contributed by atoms with van der Waals surface area (Å²) in [5.74, 6) is -0.429. The van der Waals surface area contributed by atoms with Gasteiger partial charge in [-0.3, -0.25) is 9.69 Å². The van der Waals surface area contributed by atoms with Crippen LogP contribution >= 0.6 is 0 Å². The standard InChI is InChI=1S/C15H21NO4/c1-19-8-7-16-9-12(13(10-16)15(17)18)11-5-3-4-6-14(11)20-2/h3-6,12-13H,7-10H2,1-2H3,(H,17,18)/t12-,13+/m1/s1. The molecular weight excluding hydrogens is 258 g/mol. The number of likely N-dealkylation sites (tertiary alicyclic amines) is 1. The lowest BCUT2D eigenvalue weighted by atomic mass is 9.88. The van der Waals surface area contributed by atoms with E-state index in [-0.39, 0.29) is 5.92 Å². The van der Waals surface area contributed by atoms with E-state index in [0.717, 1.165) is 24.4 Å². The Kier molecular flexibility index (Phi) is 4.98. The van der Waals surface area contributed by atoms with Crippen molar-refractivity contribution in [2.45, 2.75) is 5.92 Å². The van der Waals surface area contributed by atoms with Crippen LogP contribution in [0.25, 0.3) is 0 Å². The molecule has 0 spiro atoms. The fraction of sp³-hybridized carbons (Fsp3) is 0.533. The first kappa shape index (κ1) is 14.8. The maximum atomic E-state index is 11.5. The van der Waals surface area contributed by atoms with Crippen LogP contribution in [0.2, 0.25) is 0 Å². The third-order valence-corrected chi connectivity index (χ3v) is 3.86. The van der Waals surface area contributed by atoms with E-state index in [1.165, 1.54) is 0 Å². The van der Waals surface area contributed by atoms with Crippen LogP contribution < -0.4 is 4.74 Å². The van der Waals surface area contributed by atoms with Crippen LogP contribution in [0.1, 0.15) is 11.5 Å². The Balaban J connectivity index is 2.21. The first-order valence-electron chi connectivity index (χ1n) is 6.74. The van der Waals surface area contributed by atoms with Crippen molar-refractivity contribution in [3.63, 3.8) is 0 Å². The molecule has 0 aromatic heterocycles. The molecule has 1 aliphatic heterocycles. The Morgan fingerprint density at radius 3 is 2.75 bits per heavy atom. The molecular formula is C15H21NO4. The molecule has 0 unspecified atom stereocenters. The molecule has 1 saturated heterocycles. The van der Waals surface area contributed by atoms with Gasteiger partial charge in [0.1, 0.15) is 5.75 Å². The molecule has 1 aromatic carbocycles. The van der Waals surface area contributed by atoms with Gasteiger partial charge >= 0.3 is 5.97 Å². The van der Waals surface area contributed by atoms with Gasteiger partial charge in [0.2, 0.25) is 0 Å². The summed E-state index contributed by atoms with van der Waals surface area (Å²) in [6.45, 7) is 2.65. The average Bonchev–Trinajstić information content (AvgIpc) is 2.89. The summed E-state index contributed by atoms with van der Waals surface area (Å²) < 4.78 is 10.4. The van der Waals surface area contributed by atoms with Crippen LogP contribution in [-0.2, 0) is 9.53 Å². The van der Waals surface area contributed by atoms with Crippen LogP contribution in [0.3, 0.4) is 0 Å². The summed E-state index contributed by atoms with van der Waals surface area (Å²) in [6, 6.07) is 7.66. The Morgan fingerprint density at radius 1 is 1.35 bits per heavy atom. The van der Waals surface area contributed by atoms with Crippen molar-refractivity contribution in [1.82, 2.24) is 4.90 Å². The second-order valence-corrected chi connectivity index (χ2v) is 5.05. The third kappa shape index (κ3) is 3.11. The summed E-state index contributed by atoms with van der Waals surface area (Å²) in [5.41, 5.74) is 0.974. The molecule has 5 heteroatoms. The van der Waals surface area contributed by atoms with Crippen molar-refractivity contribution in [2.75, 3.05) is 40.5 Å². The highest BCUT2D eigenvalue weighted by Crippen LogP contribution is 2.37. The monoisotopic (exact) mass is 279 g/mol. The molecule has 1 aromatic rings. The molecule has 110 valence electrons. The molecule has 0 radical (unpaired) electrons. The highest BCUT2D eigenvalue weighted by molar-refractivity contribution is 5.72. The van der Waals surface area contributed by atoms with E-state index >= 15 is 0 Å². The predicted octanol–water partition coefficient (Wildman–Crippen LogP) is 1.44. The molecule has 0 saturated carbocycles. The quantitative estimate of drug-likeness (QED) is 0.854. The number of aliphatic carboxylic acids is 1. The van der Waals surface area contributed by atoms with E-state index in [0.29, 0.717) is 13.2 Å². The average molecular weight is 279 g/mol. The number of benzene rings is 1. The second kappa shape index (κ2) is 6.72. The van der Waals surface area contributed by atoms with E-state index < -0.39 is 11.9 Å². The van der Waals surface area contributed by atoms with Crippen molar-refractivity contribution in [3.8, 4) is 5.75 Å². The van der Waals surface area contributed by atoms with Gasteiger partial charge in [-0.05, 0) is 11.6 Å². The van der Waals surface area contributed by atoms with E-state index in [1.807, 2.05) is 24.3 Å². The Bertz CT molecular complexity index is 463. The number of para-hydroxylation sites is 1. The molecule has 0 bridgehead atoms. The van der Waals surface area contributed by atoms with Crippen molar-refractivity contribution >= 4 is 5.97 Å². The first-order valence-corrected chi connectivity index (χ1v) is 6.74. The van der Waals surface area contributed by atoms with Gasteiger partial charge in [0.25, 0.3) is 0 Å². The molecule has 1 N–H and O–H groups in total. The maximum absolute atomic E-state index is 11.5. The molecule has 0 amide bonds. The van der Waals surface area contributed by atoms with Crippen LogP contribution in [-0.4, -0.2) is 56.4 Å². The Labute approximate surface area is 119 Å². The third-order valence-electron chi connectivity index (χ3n) is 3.86. The summed E-state index contributed by atoms with van der Waals surface area (Å²) in [4.78, 5) is 13.6. The van der Waals surface area contributed by atoms with E-state index in [2.05, 4.69) is 4.90 Å². The maximum Gasteiger partial charge on any atom is 0.308 e. The lowest BCUT2D eigenvalue weighted by Gasteiger charge is -2.18. The van der Waals surface area contributed by atoms with E-state index in [4.69, 9.17) is 9.47 Å². The number of carbonyl (C=O) groups is 1. The Morgan fingerprint density at radius 2 is 2.10 bits per heavy atom. The zero-order chi connectivity index (χ0) is 14.5. The number of carboxylic acids is 1. The number of hydrogen-bond acceptors (Lipinski definition) is 4. The zero-order valence-electron chi connectivity index (χ0n) is 11.9. The highest BCUT2D eigenvalue weighted by Gasteiger charge is 2.39.